The van der Waals surface area contributed by atoms with Crippen molar-refractivity contribution in [2.75, 3.05) is 19.1 Å². The van der Waals surface area contributed by atoms with E-state index in [4.69, 9.17) is 0 Å². The molecule has 2 aliphatic rings. The van der Waals surface area contributed by atoms with Gasteiger partial charge in [0, 0.05) is 11.8 Å². The third-order valence-electron chi connectivity index (χ3n) is 5.42. The Kier molecular flexibility index (Phi) is 4.44. The summed E-state index contributed by atoms with van der Waals surface area (Å²) >= 11 is 0. The molecule has 1 N–H and O–H groups in total. The SMILES string of the molecule is CCCCNS(C)(C)C1C(C)=Cc2cc3c(cc21)CC(C)(C)C3. The summed E-state index contributed by atoms with van der Waals surface area (Å²) < 4.78 is 3.90. The van der Waals surface area contributed by atoms with Crippen LogP contribution in [-0.4, -0.2) is 19.1 Å². The highest BCUT2D eigenvalue weighted by molar-refractivity contribution is 8.31. The van der Waals surface area contributed by atoms with Gasteiger partial charge >= 0.3 is 0 Å². The summed E-state index contributed by atoms with van der Waals surface area (Å²) in [5, 5.41) is 0.586. The highest BCUT2D eigenvalue weighted by Gasteiger charge is 2.35. The largest absolute Gasteiger partial charge is 0.280 e. The molecule has 2 heteroatoms. The fraction of sp³-hybridized carbons (Fsp3) is 0.619. The molecule has 3 rings (SSSR count). The Morgan fingerprint density at radius 1 is 1.17 bits per heavy atom. The molecule has 1 aromatic rings. The third kappa shape index (κ3) is 3.25. The van der Waals surface area contributed by atoms with Crippen LogP contribution in [0.15, 0.2) is 17.7 Å². The van der Waals surface area contributed by atoms with Crippen LogP contribution < -0.4 is 4.72 Å². The van der Waals surface area contributed by atoms with E-state index in [1.807, 2.05) is 0 Å². The van der Waals surface area contributed by atoms with Gasteiger partial charge in [0.2, 0.25) is 0 Å². The maximum atomic E-state index is 3.90. The van der Waals surface area contributed by atoms with E-state index in [0.29, 0.717) is 10.7 Å². The maximum Gasteiger partial charge on any atom is 0.0465 e. The molecular formula is C21H33NS. The molecule has 0 spiro atoms. The minimum Gasteiger partial charge on any atom is -0.280 e. The summed E-state index contributed by atoms with van der Waals surface area (Å²) in [6.07, 6.45) is 12.4. The van der Waals surface area contributed by atoms with Gasteiger partial charge in [-0.2, -0.15) is 10.2 Å². The van der Waals surface area contributed by atoms with Crippen LogP contribution in [0, 0.1) is 5.41 Å². The quantitative estimate of drug-likeness (QED) is 0.689. The van der Waals surface area contributed by atoms with Gasteiger partial charge < -0.3 is 0 Å². The van der Waals surface area contributed by atoms with E-state index in [2.05, 4.69) is 63.1 Å². The van der Waals surface area contributed by atoms with Gasteiger partial charge in [-0.3, -0.25) is 4.72 Å². The van der Waals surface area contributed by atoms with Crippen LogP contribution in [0.4, 0.5) is 0 Å². The van der Waals surface area contributed by atoms with Crippen molar-refractivity contribution in [3.05, 3.63) is 40.0 Å². The van der Waals surface area contributed by atoms with Crippen LogP contribution in [0.2, 0.25) is 0 Å². The molecular weight excluding hydrogens is 298 g/mol. The van der Waals surface area contributed by atoms with Gasteiger partial charge in [-0.15, -0.1) is 0 Å². The number of hydrogen-bond donors (Lipinski definition) is 1. The monoisotopic (exact) mass is 331 g/mol. The highest BCUT2D eigenvalue weighted by Crippen LogP contribution is 2.59. The van der Waals surface area contributed by atoms with Crippen molar-refractivity contribution in [3.8, 4) is 0 Å². The van der Waals surface area contributed by atoms with Gasteiger partial charge in [0.05, 0.1) is 0 Å². The van der Waals surface area contributed by atoms with E-state index in [1.54, 1.807) is 22.3 Å². The van der Waals surface area contributed by atoms with E-state index in [1.165, 1.54) is 31.2 Å². The van der Waals surface area contributed by atoms with E-state index in [0.717, 1.165) is 6.54 Å². The summed E-state index contributed by atoms with van der Waals surface area (Å²) in [7, 11) is -0.859. The van der Waals surface area contributed by atoms with E-state index in [-0.39, 0.29) is 0 Å². The molecule has 2 aliphatic carbocycles. The first kappa shape index (κ1) is 17.1. The lowest BCUT2D eigenvalue weighted by atomic mass is 9.90. The van der Waals surface area contributed by atoms with Crippen molar-refractivity contribution in [2.24, 2.45) is 5.41 Å². The van der Waals surface area contributed by atoms with Crippen molar-refractivity contribution >= 4 is 16.3 Å². The Bertz CT molecular complexity index is 639. The molecule has 0 fully saturated rings. The Balaban J connectivity index is 1.91. The maximum absolute atomic E-state index is 3.90. The van der Waals surface area contributed by atoms with Gasteiger partial charge in [-0.05, 0) is 66.4 Å². The predicted molar refractivity (Wildman–Crippen MR) is 106 cm³/mol. The van der Waals surface area contributed by atoms with Crippen molar-refractivity contribution in [3.63, 3.8) is 0 Å². The first-order valence-corrected chi connectivity index (χ1v) is 11.6. The second-order valence-corrected chi connectivity index (χ2v) is 12.3. The molecule has 23 heavy (non-hydrogen) atoms. The highest BCUT2D eigenvalue weighted by atomic mass is 32.3. The predicted octanol–water partition coefficient (Wildman–Crippen LogP) is 5.64. The lowest BCUT2D eigenvalue weighted by Gasteiger charge is -2.40. The topological polar surface area (TPSA) is 12.0 Å². The average Bonchev–Trinajstić information content (AvgIpc) is 2.89. The molecule has 0 aromatic heterocycles. The van der Waals surface area contributed by atoms with Gasteiger partial charge in [0.15, 0.2) is 0 Å². The van der Waals surface area contributed by atoms with Crippen LogP contribution in [-0.2, 0) is 12.8 Å². The molecule has 0 amide bonds. The third-order valence-corrected chi connectivity index (χ3v) is 8.17. The fourth-order valence-electron chi connectivity index (χ4n) is 4.45. The zero-order valence-corrected chi connectivity index (χ0v) is 16.6. The Morgan fingerprint density at radius 2 is 1.83 bits per heavy atom. The van der Waals surface area contributed by atoms with Crippen molar-refractivity contribution < 1.29 is 0 Å². The van der Waals surface area contributed by atoms with Gasteiger partial charge in [-0.1, -0.05) is 51.0 Å². The van der Waals surface area contributed by atoms with E-state index < -0.39 is 10.2 Å². The zero-order chi connectivity index (χ0) is 16.8. The number of hydrogen-bond acceptors (Lipinski definition) is 1. The molecule has 0 bridgehead atoms. The van der Waals surface area contributed by atoms with Gasteiger partial charge in [0.25, 0.3) is 0 Å². The zero-order valence-electron chi connectivity index (χ0n) is 15.8. The second-order valence-electron chi connectivity index (χ2n) is 8.69. The molecule has 1 nitrogen and oxygen atoms in total. The van der Waals surface area contributed by atoms with Crippen molar-refractivity contribution in [2.45, 2.75) is 58.6 Å². The number of unbranched alkanes of at least 4 members (excludes halogenated alkanes) is 1. The molecule has 1 aromatic carbocycles. The number of benzene rings is 1. The minimum atomic E-state index is -0.859. The van der Waals surface area contributed by atoms with Crippen LogP contribution in [0.5, 0.6) is 0 Å². The lowest BCUT2D eigenvalue weighted by Crippen LogP contribution is -2.25. The number of nitrogens with one attached hydrogen (secondary N) is 1. The lowest BCUT2D eigenvalue weighted by molar-refractivity contribution is 0.392. The Hall–Kier alpha value is -0.730. The first-order valence-electron chi connectivity index (χ1n) is 9.04. The van der Waals surface area contributed by atoms with E-state index in [9.17, 15) is 0 Å². The fourth-order valence-corrected chi connectivity index (χ4v) is 7.12. The molecule has 1 unspecified atom stereocenters. The smallest absolute Gasteiger partial charge is 0.0465 e. The standard InChI is InChI=1S/C21H33NS/c1-7-8-9-22-23(5,6)20-15(2)10-16-11-17-13-21(3,4)14-18(17)12-19(16)20/h10-12,20,22H,7-9,13-14H2,1-6H3. The first-order chi connectivity index (χ1) is 10.7. The normalized spacial score (nSPS) is 22.7. The second kappa shape index (κ2) is 5.97. The van der Waals surface area contributed by atoms with Crippen molar-refractivity contribution in [1.29, 1.82) is 0 Å². The van der Waals surface area contributed by atoms with Crippen molar-refractivity contribution in [1.82, 2.24) is 4.72 Å². The van der Waals surface area contributed by atoms with E-state index >= 15 is 0 Å². The Labute approximate surface area is 144 Å². The number of rotatable bonds is 5. The molecule has 0 saturated carbocycles. The summed E-state index contributed by atoms with van der Waals surface area (Å²) in [5.74, 6) is 0. The van der Waals surface area contributed by atoms with Crippen LogP contribution >= 0.6 is 10.2 Å². The molecule has 0 aliphatic heterocycles. The molecule has 1 atom stereocenters. The average molecular weight is 332 g/mol. The van der Waals surface area contributed by atoms with Gasteiger partial charge in [0.1, 0.15) is 0 Å². The number of fused-ring (bicyclic) bond motifs is 2. The summed E-state index contributed by atoms with van der Waals surface area (Å²) in [4.78, 5) is 0. The minimum absolute atomic E-state index is 0.438. The molecule has 0 saturated heterocycles. The van der Waals surface area contributed by atoms with Gasteiger partial charge in [-0.25, -0.2) is 0 Å². The van der Waals surface area contributed by atoms with Crippen LogP contribution in [0.3, 0.4) is 0 Å². The summed E-state index contributed by atoms with van der Waals surface area (Å²) in [6.45, 7) is 10.5. The van der Waals surface area contributed by atoms with Crippen LogP contribution in [0.25, 0.3) is 6.08 Å². The molecule has 0 radical (unpaired) electrons. The molecule has 0 heterocycles. The molecule has 128 valence electrons. The Morgan fingerprint density at radius 3 is 2.48 bits per heavy atom. The summed E-state index contributed by atoms with van der Waals surface area (Å²) in [5.41, 5.74) is 8.25. The summed E-state index contributed by atoms with van der Waals surface area (Å²) in [6, 6.07) is 5.04. The van der Waals surface area contributed by atoms with Crippen LogP contribution in [0.1, 0.15) is 68.0 Å².